The van der Waals surface area contributed by atoms with Crippen LogP contribution in [0, 0.1) is 29.1 Å². The van der Waals surface area contributed by atoms with E-state index < -0.39 is 5.60 Å². The topological polar surface area (TPSA) is 144 Å². The van der Waals surface area contributed by atoms with E-state index in [4.69, 9.17) is 4.98 Å². The van der Waals surface area contributed by atoms with Crippen molar-refractivity contribution in [3.05, 3.63) is 42.2 Å². The molecule has 12 heteroatoms. The molecular formula is C31H35N9O2S. The zero-order valence-corrected chi connectivity index (χ0v) is 25.3. The second-order valence-electron chi connectivity index (χ2n) is 12.9. The van der Waals surface area contributed by atoms with Crippen molar-refractivity contribution in [1.29, 1.82) is 5.26 Å². The average Bonchev–Trinajstić information content (AvgIpc) is 3.67. The Morgan fingerprint density at radius 1 is 1.16 bits per heavy atom. The highest BCUT2D eigenvalue weighted by Gasteiger charge is 2.47. The molecule has 3 aliphatic rings. The fourth-order valence-electron chi connectivity index (χ4n) is 6.99. The van der Waals surface area contributed by atoms with Crippen LogP contribution in [0.25, 0.3) is 27.5 Å². The lowest BCUT2D eigenvalue weighted by Gasteiger charge is -2.42. The highest BCUT2D eigenvalue weighted by molar-refractivity contribution is 7.18. The standard InChI is InChI=1S/C31H35N9O2S/c1-17(2)35-24-9-25(26-7-6-22-8-18(12-32)13-34-40(22)26)33-14-23(24)29-37-38-30(43-29)39-15-19-4-5-20(16-39)27(19)36-28(41)21-10-31(3,42)11-21/h6-9,13-14,17,19-21,27,42H,4-5,10-11,15-16H2,1-3H3,(H,33,35)(H,36,41)/t19-,20-,21?,31?/m0/s1. The summed E-state index contributed by atoms with van der Waals surface area (Å²) in [5.41, 5.74) is 4.06. The number of nitrogens with one attached hydrogen (secondary N) is 2. The van der Waals surface area contributed by atoms with Crippen LogP contribution >= 0.6 is 11.3 Å². The Labute approximate surface area is 254 Å². The summed E-state index contributed by atoms with van der Waals surface area (Å²) in [5, 5.41) is 41.5. The van der Waals surface area contributed by atoms with E-state index >= 15 is 0 Å². The van der Waals surface area contributed by atoms with Crippen LogP contribution in [0.4, 0.5) is 10.8 Å². The number of fused-ring (bicyclic) bond motifs is 3. The van der Waals surface area contributed by atoms with Crippen molar-refractivity contribution in [3.8, 4) is 28.0 Å². The third-order valence-corrected chi connectivity index (χ3v) is 10.1. The number of hydrogen-bond donors (Lipinski definition) is 3. The number of piperidine rings is 1. The van der Waals surface area contributed by atoms with Crippen LogP contribution in [-0.2, 0) is 4.79 Å². The number of carbonyl (C=O) groups excluding carboxylic acids is 1. The highest BCUT2D eigenvalue weighted by Crippen LogP contribution is 2.43. The van der Waals surface area contributed by atoms with Crippen LogP contribution in [0.15, 0.2) is 36.7 Å². The van der Waals surface area contributed by atoms with E-state index in [9.17, 15) is 15.2 Å². The number of aliphatic hydroxyl groups is 1. The van der Waals surface area contributed by atoms with Crippen molar-refractivity contribution in [2.45, 2.75) is 64.1 Å². The maximum absolute atomic E-state index is 12.8. The summed E-state index contributed by atoms with van der Waals surface area (Å²) in [6.07, 6.45) is 6.68. The monoisotopic (exact) mass is 597 g/mol. The molecule has 1 aliphatic heterocycles. The lowest BCUT2D eigenvalue weighted by atomic mass is 9.71. The van der Waals surface area contributed by atoms with Gasteiger partial charge in [-0.3, -0.25) is 9.78 Å². The summed E-state index contributed by atoms with van der Waals surface area (Å²) >= 11 is 1.57. The van der Waals surface area contributed by atoms with Gasteiger partial charge in [-0.05, 0) is 82.6 Å². The maximum atomic E-state index is 12.8. The first-order valence-corrected chi connectivity index (χ1v) is 15.8. The van der Waals surface area contributed by atoms with E-state index in [1.54, 1.807) is 29.0 Å². The van der Waals surface area contributed by atoms with E-state index in [1.165, 1.54) is 0 Å². The Hall–Kier alpha value is -4.08. The molecule has 4 aromatic heterocycles. The first-order chi connectivity index (χ1) is 20.7. The smallest absolute Gasteiger partial charge is 0.223 e. The van der Waals surface area contributed by atoms with Crippen LogP contribution in [0.1, 0.15) is 52.0 Å². The first-order valence-electron chi connectivity index (χ1n) is 14.9. The Balaban J connectivity index is 1.10. The molecule has 2 bridgehead atoms. The molecule has 4 aromatic rings. The van der Waals surface area contributed by atoms with Gasteiger partial charge < -0.3 is 20.6 Å². The number of aromatic nitrogens is 5. The minimum atomic E-state index is -0.697. The highest BCUT2D eigenvalue weighted by atomic mass is 32.1. The van der Waals surface area contributed by atoms with Crippen molar-refractivity contribution in [2.75, 3.05) is 23.3 Å². The predicted molar refractivity (Wildman–Crippen MR) is 165 cm³/mol. The number of nitrogens with zero attached hydrogens (tertiary/aromatic N) is 7. The van der Waals surface area contributed by atoms with Gasteiger partial charge in [-0.15, -0.1) is 10.2 Å². The van der Waals surface area contributed by atoms with Gasteiger partial charge in [-0.25, -0.2) is 4.52 Å². The molecular weight excluding hydrogens is 562 g/mol. The van der Waals surface area contributed by atoms with Gasteiger partial charge in [0.25, 0.3) is 0 Å². The van der Waals surface area contributed by atoms with Crippen LogP contribution < -0.4 is 15.5 Å². The number of anilines is 2. The van der Waals surface area contributed by atoms with Crippen molar-refractivity contribution < 1.29 is 9.90 Å². The second kappa shape index (κ2) is 10.6. The molecule has 1 saturated heterocycles. The molecule has 0 aromatic carbocycles. The molecule has 11 nitrogen and oxygen atoms in total. The summed E-state index contributed by atoms with van der Waals surface area (Å²) in [6, 6.07) is 10.2. The molecule has 7 rings (SSSR count). The lowest BCUT2D eigenvalue weighted by molar-refractivity contribution is -0.140. The van der Waals surface area contributed by atoms with E-state index in [1.807, 2.05) is 30.5 Å². The zero-order chi connectivity index (χ0) is 29.9. The third-order valence-electron chi connectivity index (χ3n) is 9.04. The molecule has 2 saturated carbocycles. The normalized spacial score (nSPS) is 26.4. The quantitative estimate of drug-likeness (QED) is 0.287. The van der Waals surface area contributed by atoms with Gasteiger partial charge >= 0.3 is 0 Å². The molecule has 222 valence electrons. The Morgan fingerprint density at radius 2 is 1.93 bits per heavy atom. The van der Waals surface area contributed by atoms with Gasteiger partial charge in [0.1, 0.15) is 6.07 Å². The molecule has 0 spiro atoms. The fourth-order valence-corrected chi connectivity index (χ4v) is 7.87. The predicted octanol–water partition coefficient (Wildman–Crippen LogP) is 4.10. The molecule has 3 fully saturated rings. The molecule has 0 unspecified atom stereocenters. The molecule has 2 atom stereocenters. The van der Waals surface area contributed by atoms with Gasteiger partial charge in [-0.2, -0.15) is 10.4 Å². The number of rotatable bonds is 7. The maximum Gasteiger partial charge on any atom is 0.223 e. The van der Waals surface area contributed by atoms with Gasteiger partial charge in [-0.1, -0.05) is 11.3 Å². The SMILES string of the molecule is CC(C)Nc1cc(-c2ccc3cc(C#N)cnn23)ncc1-c1nnc(N2C[C@@H]3CC[C@@H](C2)C3NC(=O)C2CC(C)(O)C2)s1. The van der Waals surface area contributed by atoms with E-state index in [2.05, 4.69) is 50.7 Å². The first kappa shape index (κ1) is 27.7. The van der Waals surface area contributed by atoms with E-state index in [0.717, 1.165) is 64.2 Å². The van der Waals surface area contributed by atoms with Crippen LogP contribution in [0.3, 0.4) is 0 Å². The number of hydrogen-bond acceptors (Lipinski definition) is 10. The summed E-state index contributed by atoms with van der Waals surface area (Å²) in [5.74, 6) is 0.780. The summed E-state index contributed by atoms with van der Waals surface area (Å²) < 4.78 is 1.79. The molecule has 5 heterocycles. The van der Waals surface area contributed by atoms with Crippen molar-refractivity contribution in [1.82, 2.24) is 30.1 Å². The molecule has 2 aliphatic carbocycles. The minimum absolute atomic E-state index is 0.0732. The number of pyridine rings is 1. The molecule has 43 heavy (non-hydrogen) atoms. The zero-order valence-electron chi connectivity index (χ0n) is 24.5. The lowest BCUT2D eigenvalue weighted by Crippen LogP contribution is -2.56. The van der Waals surface area contributed by atoms with Crippen molar-refractivity contribution >= 4 is 33.6 Å². The molecule has 3 N–H and O–H groups in total. The van der Waals surface area contributed by atoms with Gasteiger partial charge in [0.2, 0.25) is 11.0 Å². The number of nitriles is 1. The van der Waals surface area contributed by atoms with Crippen molar-refractivity contribution in [3.63, 3.8) is 0 Å². The van der Waals surface area contributed by atoms with Crippen LogP contribution in [0.2, 0.25) is 0 Å². The third kappa shape index (κ3) is 5.21. The number of amides is 1. The van der Waals surface area contributed by atoms with Gasteiger partial charge in [0, 0.05) is 43.0 Å². The minimum Gasteiger partial charge on any atom is -0.390 e. The van der Waals surface area contributed by atoms with Gasteiger partial charge in [0.05, 0.1) is 39.8 Å². The summed E-state index contributed by atoms with van der Waals surface area (Å²) in [6.45, 7) is 7.68. The van der Waals surface area contributed by atoms with Gasteiger partial charge in [0.15, 0.2) is 5.01 Å². The van der Waals surface area contributed by atoms with E-state index in [-0.39, 0.29) is 23.9 Å². The fraction of sp³-hybridized carbons (Fsp3) is 0.484. The van der Waals surface area contributed by atoms with E-state index in [0.29, 0.717) is 30.2 Å². The summed E-state index contributed by atoms with van der Waals surface area (Å²) in [4.78, 5) is 19.9. The van der Waals surface area contributed by atoms with Crippen molar-refractivity contribution in [2.24, 2.45) is 17.8 Å². The average molecular weight is 598 g/mol. The summed E-state index contributed by atoms with van der Waals surface area (Å²) in [7, 11) is 0. The Kier molecular flexibility index (Phi) is 6.82. The molecule has 0 radical (unpaired) electrons. The number of carbonyl (C=O) groups is 1. The van der Waals surface area contributed by atoms with Crippen LogP contribution in [0.5, 0.6) is 0 Å². The second-order valence-corrected chi connectivity index (χ2v) is 13.8. The Morgan fingerprint density at radius 3 is 2.63 bits per heavy atom. The van der Waals surface area contributed by atoms with Crippen LogP contribution in [-0.4, -0.2) is 66.6 Å². The largest absolute Gasteiger partial charge is 0.390 e. The Bertz CT molecular complexity index is 1720. The molecule has 1 amide bonds.